The van der Waals surface area contributed by atoms with Gasteiger partial charge in [-0.2, -0.15) is 0 Å². The van der Waals surface area contributed by atoms with Crippen molar-refractivity contribution in [3.8, 4) is 11.5 Å². The molecule has 0 radical (unpaired) electrons. The molecule has 0 spiro atoms. The van der Waals surface area contributed by atoms with Gasteiger partial charge in [-0.05, 0) is 47.9 Å². The SMILES string of the molecule is COc1cc2c(cc1OC)[C@@H](C[S@@](=O)c1ccccc1[N+](=O)[O-])N(Cc1ccco1)CC2. The number of hydrogen-bond acceptors (Lipinski definition) is 7. The van der Waals surface area contributed by atoms with Crippen molar-refractivity contribution in [2.24, 2.45) is 0 Å². The molecule has 0 unspecified atom stereocenters. The van der Waals surface area contributed by atoms with Crippen LogP contribution in [0.1, 0.15) is 22.9 Å². The highest BCUT2D eigenvalue weighted by Crippen LogP contribution is 2.39. The zero-order valence-electron chi connectivity index (χ0n) is 17.9. The Balaban J connectivity index is 1.73. The molecule has 32 heavy (non-hydrogen) atoms. The van der Waals surface area contributed by atoms with Crippen molar-refractivity contribution in [2.45, 2.75) is 23.9 Å². The molecule has 1 aromatic heterocycles. The predicted molar refractivity (Wildman–Crippen MR) is 119 cm³/mol. The smallest absolute Gasteiger partial charge is 0.285 e. The normalized spacial score (nSPS) is 16.9. The number of benzene rings is 2. The van der Waals surface area contributed by atoms with Crippen LogP contribution >= 0.6 is 0 Å². The Morgan fingerprint density at radius 3 is 2.59 bits per heavy atom. The first kappa shape index (κ1) is 22.0. The van der Waals surface area contributed by atoms with Gasteiger partial charge in [0.05, 0.1) is 42.8 Å². The molecule has 0 bridgehead atoms. The van der Waals surface area contributed by atoms with Gasteiger partial charge in [-0.25, -0.2) is 0 Å². The number of nitro groups is 1. The number of para-hydroxylation sites is 1. The molecule has 2 aromatic carbocycles. The summed E-state index contributed by atoms with van der Waals surface area (Å²) >= 11 is 0. The Kier molecular flexibility index (Phi) is 6.57. The van der Waals surface area contributed by atoms with Gasteiger partial charge in [0, 0.05) is 24.4 Å². The van der Waals surface area contributed by atoms with E-state index >= 15 is 0 Å². The van der Waals surface area contributed by atoms with Crippen LogP contribution in [0, 0.1) is 10.1 Å². The summed E-state index contributed by atoms with van der Waals surface area (Å²) in [5, 5.41) is 11.5. The topological polar surface area (TPSA) is 95.0 Å². The summed E-state index contributed by atoms with van der Waals surface area (Å²) in [7, 11) is 1.58. The van der Waals surface area contributed by atoms with E-state index in [1.54, 1.807) is 38.7 Å². The molecule has 0 amide bonds. The number of fused-ring (bicyclic) bond motifs is 1. The van der Waals surface area contributed by atoms with Crippen molar-refractivity contribution >= 4 is 16.5 Å². The maximum atomic E-state index is 13.4. The van der Waals surface area contributed by atoms with Crippen molar-refractivity contribution in [3.63, 3.8) is 0 Å². The third kappa shape index (κ3) is 4.39. The van der Waals surface area contributed by atoms with Crippen LogP contribution in [0.5, 0.6) is 11.5 Å². The number of hydrogen-bond donors (Lipinski definition) is 0. The van der Waals surface area contributed by atoms with Crippen LogP contribution in [-0.4, -0.2) is 40.5 Å². The molecule has 8 nitrogen and oxygen atoms in total. The average Bonchev–Trinajstić information content (AvgIpc) is 3.32. The first-order chi connectivity index (χ1) is 15.5. The maximum absolute atomic E-state index is 13.4. The van der Waals surface area contributed by atoms with Crippen molar-refractivity contribution in [1.82, 2.24) is 4.90 Å². The van der Waals surface area contributed by atoms with Crippen LogP contribution in [-0.2, 0) is 23.8 Å². The zero-order valence-corrected chi connectivity index (χ0v) is 18.7. The van der Waals surface area contributed by atoms with Crippen molar-refractivity contribution in [2.75, 3.05) is 26.5 Å². The second kappa shape index (κ2) is 9.54. The molecule has 0 saturated heterocycles. The van der Waals surface area contributed by atoms with Crippen LogP contribution in [0.2, 0.25) is 0 Å². The standard InChI is InChI=1S/C23H24N2O6S/c1-29-21-12-16-9-10-24(14-17-6-5-11-31-17)20(18(16)13-22(21)30-2)15-32(28)23-8-4-3-7-19(23)25(26)27/h3-8,11-13,20H,9-10,14-15H2,1-2H3/t20-,32-/m1/s1. The summed E-state index contributed by atoms with van der Waals surface area (Å²) < 4.78 is 29.9. The van der Waals surface area contributed by atoms with Gasteiger partial charge in [-0.1, -0.05) is 12.1 Å². The molecule has 0 aliphatic carbocycles. The molecule has 0 N–H and O–H groups in total. The third-order valence-electron chi connectivity index (χ3n) is 5.67. The van der Waals surface area contributed by atoms with E-state index in [9.17, 15) is 14.3 Å². The summed E-state index contributed by atoms with van der Waals surface area (Å²) in [6.45, 7) is 1.27. The number of rotatable bonds is 8. The predicted octanol–water partition coefficient (Wildman–Crippen LogP) is 4.11. The second-order valence-corrected chi connectivity index (χ2v) is 8.92. The zero-order chi connectivity index (χ0) is 22.7. The van der Waals surface area contributed by atoms with Gasteiger partial charge in [0.25, 0.3) is 5.69 Å². The van der Waals surface area contributed by atoms with Gasteiger partial charge >= 0.3 is 0 Å². The molecule has 2 atom stereocenters. The minimum Gasteiger partial charge on any atom is -0.493 e. The van der Waals surface area contributed by atoms with E-state index in [4.69, 9.17) is 13.9 Å². The summed E-state index contributed by atoms with van der Waals surface area (Å²) in [5.74, 6) is 2.24. The Labute approximate surface area is 188 Å². The van der Waals surface area contributed by atoms with Gasteiger partial charge < -0.3 is 13.9 Å². The Morgan fingerprint density at radius 2 is 1.91 bits per heavy atom. The minimum absolute atomic E-state index is 0.133. The van der Waals surface area contributed by atoms with Crippen LogP contribution in [0.25, 0.3) is 0 Å². The van der Waals surface area contributed by atoms with Gasteiger partial charge in [-0.15, -0.1) is 0 Å². The van der Waals surface area contributed by atoms with Crippen molar-refractivity contribution in [1.29, 1.82) is 0 Å². The molecule has 0 saturated carbocycles. The number of nitro benzene ring substituents is 1. The maximum Gasteiger partial charge on any atom is 0.285 e. The van der Waals surface area contributed by atoms with Crippen LogP contribution in [0.3, 0.4) is 0 Å². The highest BCUT2D eigenvalue weighted by atomic mass is 32.2. The fourth-order valence-electron chi connectivity index (χ4n) is 4.10. The van der Waals surface area contributed by atoms with Crippen molar-refractivity contribution < 1.29 is 23.0 Å². The van der Waals surface area contributed by atoms with E-state index in [2.05, 4.69) is 4.90 Å². The average molecular weight is 457 g/mol. The second-order valence-electron chi connectivity index (χ2n) is 7.46. The monoisotopic (exact) mass is 456 g/mol. The Hall–Kier alpha value is -3.17. The summed E-state index contributed by atoms with van der Waals surface area (Å²) in [5.41, 5.74) is 1.93. The Morgan fingerprint density at radius 1 is 1.16 bits per heavy atom. The lowest BCUT2D eigenvalue weighted by Gasteiger charge is -2.37. The molecule has 1 aliphatic heterocycles. The van der Waals surface area contributed by atoms with E-state index < -0.39 is 15.7 Å². The van der Waals surface area contributed by atoms with Crippen LogP contribution in [0.15, 0.2) is 64.1 Å². The largest absolute Gasteiger partial charge is 0.493 e. The molecule has 0 fully saturated rings. The van der Waals surface area contributed by atoms with Gasteiger partial charge in [0.2, 0.25) is 0 Å². The van der Waals surface area contributed by atoms with Crippen LogP contribution < -0.4 is 9.47 Å². The molecule has 1 aliphatic rings. The number of nitrogens with zero attached hydrogens (tertiary/aromatic N) is 2. The minimum atomic E-state index is -1.59. The lowest BCUT2D eigenvalue weighted by molar-refractivity contribution is -0.387. The quantitative estimate of drug-likeness (QED) is 0.372. The summed E-state index contributed by atoms with van der Waals surface area (Å²) in [4.78, 5) is 13.4. The van der Waals surface area contributed by atoms with E-state index in [0.29, 0.717) is 18.0 Å². The first-order valence-electron chi connectivity index (χ1n) is 10.1. The lowest BCUT2D eigenvalue weighted by Crippen LogP contribution is -2.37. The lowest BCUT2D eigenvalue weighted by atomic mass is 9.92. The molecule has 2 heterocycles. The van der Waals surface area contributed by atoms with E-state index in [1.807, 2.05) is 24.3 Å². The fraction of sp³-hybridized carbons (Fsp3) is 0.304. The van der Waals surface area contributed by atoms with Crippen molar-refractivity contribution in [3.05, 3.63) is 81.8 Å². The summed E-state index contributed by atoms with van der Waals surface area (Å²) in [6, 6.07) is 13.6. The molecule has 3 aromatic rings. The van der Waals surface area contributed by atoms with Gasteiger partial charge in [0.15, 0.2) is 11.5 Å². The molecular weight excluding hydrogens is 432 g/mol. The van der Waals surface area contributed by atoms with E-state index in [1.165, 1.54) is 6.07 Å². The highest BCUT2D eigenvalue weighted by Gasteiger charge is 2.32. The van der Waals surface area contributed by atoms with Gasteiger partial charge in [0.1, 0.15) is 10.7 Å². The fourth-order valence-corrected chi connectivity index (χ4v) is 5.56. The molecular formula is C23H24N2O6S. The van der Waals surface area contributed by atoms with Crippen LogP contribution in [0.4, 0.5) is 5.69 Å². The highest BCUT2D eigenvalue weighted by molar-refractivity contribution is 7.85. The van der Waals surface area contributed by atoms with E-state index in [-0.39, 0.29) is 22.4 Å². The molecule has 9 heteroatoms. The van der Waals surface area contributed by atoms with E-state index in [0.717, 1.165) is 29.9 Å². The molecule has 4 rings (SSSR count). The number of ether oxygens (including phenoxy) is 2. The first-order valence-corrected chi connectivity index (χ1v) is 11.5. The third-order valence-corrected chi connectivity index (χ3v) is 7.12. The number of methoxy groups -OCH3 is 2. The number of furan rings is 1. The molecule has 168 valence electrons. The summed E-state index contributed by atoms with van der Waals surface area (Å²) in [6.07, 6.45) is 2.41. The van der Waals surface area contributed by atoms with Gasteiger partial charge in [-0.3, -0.25) is 19.2 Å². The Bertz CT molecular complexity index is 1130.